The number of hydrogen-bond acceptors (Lipinski definition) is 16. The minimum Gasteiger partial charge on any atom is -0.505 e. The van der Waals surface area contributed by atoms with Crippen LogP contribution in [0.3, 0.4) is 0 Å². The molecule has 0 atom stereocenters. The lowest BCUT2D eigenvalue weighted by atomic mass is 10.1. The molecule has 0 bridgehead atoms. The monoisotopic (exact) mass is 939 g/mol. The molecule has 0 aromatic heterocycles. The molecule has 3 amide bonds. The molecule has 0 saturated heterocycles. The second kappa shape index (κ2) is 18.0. The van der Waals surface area contributed by atoms with E-state index >= 15 is 0 Å². The predicted octanol–water partition coefficient (Wildman–Crippen LogP) is 9.36. The fraction of sp³-hybridized carbons (Fsp3) is 0. The largest absolute Gasteiger partial charge is 0.505 e. The van der Waals surface area contributed by atoms with Crippen molar-refractivity contribution in [2.75, 3.05) is 10.6 Å². The summed E-state index contributed by atoms with van der Waals surface area (Å²) in [5.41, 5.74) is 5.59. The van der Waals surface area contributed by atoms with Gasteiger partial charge in [0.05, 0.1) is 17.1 Å². The van der Waals surface area contributed by atoms with E-state index in [1.54, 1.807) is 0 Å². The minimum atomic E-state index is -5.01. The number of primary amides is 1. The Morgan fingerprint density at radius 1 is 0.538 bits per heavy atom. The molecule has 0 heterocycles. The molecule has 7 aromatic rings. The predicted molar refractivity (Wildman–Crippen MR) is 234 cm³/mol. The number of benzene rings is 7. The van der Waals surface area contributed by atoms with Crippen molar-refractivity contribution in [1.29, 1.82) is 0 Å². The molecule has 65 heavy (non-hydrogen) atoms. The molecule has 0 aliphatic rings. The Balaban J connectivity index is 1.07. The summed E-state index contributed by atoms with van der Waals surface area (Å²) in [4.78, 5) is 23.2. The van der Waals surface area contributed by atoms with Gasteiger partial charge in [0, 0.05) is 27.7 Å². The van der Waals surface area contributed by atoms with Crippen molar-refractivity contribution >= 4 is 110 Å². The number of amides is 3. The van der Waals surface area contributed by atoms with E-state index in [2.05, 4.69) is 41.3 Å². The van der Waals surface area contributed by atoms with Crippen molar-refractivity contribution in [2.45, 2.75) is 9.79 Å². The van der Waals surface area contributed by atoms with E-state index in [0.29, 0.717) is 11.1 Å². The van der Waals surface area contributed by atoms with Crippen LogP contribution in [-0.4, -0.2) is 56.0 Å². The van der Waals surface area contributed by atoms with E-state index in [-0.39, 0.29) is 61.6 Å². The zero-order chi connectivity index (χ0) is 46.7. The van der Waals surface area contributed by atoms with E-state index in [9.17, 15) is 53.6 Å². The number of phenols is 1. The first-order valence-corrected chi connectivity index (χ1v) is 22.4. The maximum absolute atomic E-state index is 13.2. The van der Waals surface area contributed by atoms with Gasteiger partial charge >= 0.3 is 16.4 Å². The molecule has 22 nitrogen and oxygen atoms in total. The number of phenolic OH excluding ortho intramolecular Hbond substituents is 1. The maximum atomic E-state index is 13.2. The molecule has 0 aliphatic carbocycles. The molecule has 0 radical (unpaired) electrons. The Kier molecular flexibility index (Phi) is 12.4. The Hall–Kier alpha value is -8.07. The van der Waals surface area contributed by atoms with Crippen molar-refractivity contribution in [3.8, 4) is 11.5 Å². The highest BCUT2D eigenvalue weighted by atomic mass is 32.3. The number of rotatable bonds is 13. The van der Waals surface area contributed by atoms with Crippen LogP contribution in [-0.2, 0) is 30.6 Å². The Bertz CT molecular complexity index is 3500. The summed E-state index contributed by atoms with van der Waals surface area (Å²) in [7, 11) is -14.6. The van der Waals surface area contributed by atoms with Gasteiger partial charge in [-0.05, 0) is 120 Å². The summed E-state index contributed by atoms with van der Waals surface area (Å²) in [6.07, 6.45) is 0. The van der Waals surface area contributed by atoms with Crippen LogP contribution in [0.1, 0.15) is 10.4 Å². The van der Waals surface area contributed by atoms with Crippen LogP contribution in [0.15, 0.2) is 168 Å². The molecule has 330 valence electrons. The lowest BCUT2D eigenvalue weighted by Gasteiger charge is -2.11. The number of anilines is 2. The zero-order valence-corrected chi connectivity index (χ0v) is 35.0. The van der Waals surface area contributed by atoms with Gasteiger partial charge in [-0.2, -0.15) is 40.6 Å². The van der Waals surface area contributed by atoms with Crippen LogP contribution >= 0.6 is 0 Å². The summed E-state index contributed by atoms with van der Waals surface area (Å²) in [6, 6.07) is 28.3. The first-order valence-electron chi connectivity index (χ1n) is 18.1. The van der Waals surface area contributed by atoms with Gasteiger partial charge in [-0.3, -0.25) is 18.5 Å². The van der Waals surface area contributed by atoms with Crippen molar-refractivity contribution in [1.82, 2.24) is 0 Å². The summed E-state index contributed by atoms with van der Waals surface area (Å²) >= 11 is 0. The van der Waals surface area contributed by atoms with Crippen LogP contribution in [0.4, 0.5) is 50.3 Å². The van der Waals surface area contributed by atoms with E-state index < -0.39 is 63.8 Å². The molecule has 0 saturated carbocycles. The first-order chi connectivity index (χ1) is 30.7. The second-order valence-corrected chi connectivity index (χ2v) is 17.2. The Morgan fingerprint density at radius 2 is 1.08 bits per heavy atom. The lowest BCUT2D eigenvalue weighted by Crippen LogP contribution is -2.19. The standard InChI is InChI=1S/C40H29N9O13S3/c41-40(52)43-29-15-17-31-23(19-29)7-18-33(38(31)62-65(59,60)61)48-45-25-8-5-22(6-9-25)39(51)42-28-14-16-30-24(20-28)21-35(64(56,57)58)36(37(30)50)49-46-27-12-10-26(11-13-27)44-47-32-3-1-2-4-34(32)63(53,54)55/h1-21,50H,(H,42,51)(H3,41,43,52)(H,53,54,55)(H,56,57,58)(H,59,60,61). The molecular formula is C40H29N9O13S3. The number of aromatic hydroxyl groups is 1. The molecule has 7 aromatic carbocycles. The molecule has 25 heteroatoms. The Morgan fingerprint density at radius 3 is 1.68 bits per heavy atom. The van der Waals surface area contributed by atoms with Gasteiger partial charge in [-0.1, -0.05) is 18.2 Å². The summed E-state index contributed by atoms with van der Waals surface area (Å²) in [5.74, 6) is -1.63. The third-order valence-corrected chi connectivity index (χ3v) is 11.1. The fourth-order valence-corrected chi connectivity index (χ4v) is 7.73. The van der Waals surface area contributed by atoms with Crippen LogP contribution in [0.25, 0.3) is 21.5 Å². The average Bonchev–Trinajstić information content (AvgIpc) is 3.24. The third-order valence-electron chi connectivity index (χ3n) is 8.93. The zero-order valence-electron chi connectivity index (χ0n) is 32.6. The number of nitrogens with two attached hydrogens (primary N) is 1. The number of hydrogen-bond donors (Lipinski definition) is 7. The third kappa shape index (κ3) is 10.9. The van der Waals surface area contributed by atoms with Crippen molar-refractivity contribution in [3.63, 3.8) is 0 Å². The van der Waals surface area contributed by atoms with Crippen LogP contribution < -0.4 is 20.6 Å². The van der Waals surface area contributed by atoms with Gasteiger partial charge in [0.1, 0.15) is 26.9 Å². The number of nitrogens with zero attached hydrogens (tertiary/aromatic N) is 6. The van der Waals surface area contributed by atoms with Crippen molar-refractivity contribution in [2.24, 2.45) is 36.4 Å². The molecule has 8 N–H and O–H groups in total. The lowest BCUT2D eigenvalue weighted by molar-refractivity contribution is 0.102. The van der Waals surface area contributed by atoms with Crippen LogP contribution in [0.5, 0.6) is 11.5 Å². The number of carbonyl (C=O) groups excluding carboxylic acids is 2. The van der Waals surface area contributed by atoms with Gasteiger partial charge in [0.25, 0.3) is 26.1 Å². The second-order valence-electron chi connectivity index (χ2n) is 13.4. The van der Waals surface area contributed by atoms with Crippen LogP contribution in [0.2, 0.25) is 0 Å². The number of carbonyl (C=O) groups is 2. The van der Waals surface area contributed by atoms with Gasteiger partial charge in [0.15, 0.2) is 11.5 Å². The van der Waals surface area contributed by atoms with Gasteiger partial charge in [-0.25, -0.2) is 4.79 Å². The van der Waals surface area contributed by atoms with Gasteiger partial charge < -0.3 is 25.7 Å². The molecule has 0 unspecified atom stereocenters. The molecular weight excluding hydrogens is 911 g/mol. The van der Waals surface area contributed by atoms with Crippen molar-refractivity contribution in [3.05, 3.63) is 133 Å². The number of fused-ring (bicyclic) bond motifs is 2. The van der Waals surface area contributed by atoms with E-state index in [0.717, 1.165) is 12.1 Å². The van der Waals surface area contributed by atoms with Crippen molar-refractivity contribution < 1.29 is 57.8 Å². The Labute approximate surface area is 367 Å². The highest BCUT2D eigenvalue weighted by molar-refractivity contribution is 7.86. The molecule has 7 rings (SSSR count). The summed E-state index contributed by atoms with van der Waals surface area (Å²) < 4.78 is 105. The molecule has 0 spiro atoms. The molecule has 0 fully saturated rings. The quantitative estimate of drug-likeness (QED) is 0.0419. The smallest absolute Gasteiger partial charge is 0.446 e. The maximum Gasteiger partial charge on any atom is 0.446 e. The SMILES string of the molecule is NC(=O)Nc1ccc2c(OS(=O)(=O)O)c(N=Nc3ccc(C(=O)Nc4ccc5c(O)c(N=Nc6ccc(N=Nc7ccccc7S(=O)(=O)O)cc6)c(S(=O)(=O)O)cc5c4)cc3)ccc2c1. The minimum absolute atomic E-state index is 0.0846. The summed E-state index contributed by atoms with van der Waals surface area (Å²) in [5, 5.41) is 40.7. The highest BCUT2D eigenvalue weighted by Gasteiger charge is 2.23. The van der Waals surface area contributed by atoms with E-state index in [4.69, 9.17) is 9.92 Å². The van der Waals surface area contributed by atoms with Gasteiger partial charge in [0.2, 0.25) is 0 Å². The topological polar surface area (TPSA) is 351 Å². The van der Waals surface area contributed by atoms with E-state index in [1.165, 1.54) is 115 Å². The number of azo groups is 3. The first kappa shape index (κ1) is 45.0. The molecule has 0 aliphatic heterocycles. The van der Waals surface area contributed by atoms with Gasteiger partial charge in [-0.15, -0.1) is 15.3 Å². The van der Waals surface area contributed by atoms with E-state index in [1.807, 2.05) is 0 Å². The normalized spacial score (nSPS) is 12.4. The summed E-state index contributed by atoms with van der Waals surface area (Å²) in [6.45, 7) is 0. The fourth-order valence-electron chi connectivity index (χ4n) is 6.06. The highest BCUT2D eigenvalue weighted by Crippen LogP contribution is 2.43. The number of nitrogens with one attached hydrogen (secondary N) is 2. The number of urea groups is 1. The average molecular weight is 940 g/mol. The van der Waals surface area contributed by atoms with Crippen LogP contribution in [0, 0.1) is 0 Å².